The van der Waals surface area contributed by atoms with Crippen LogP contribution in [0.5, 0.6) is 0 Å². The molecule has 1 aliphatic rings. The van der Waals surface area contributed by atoms with Crippen LogP contribution in [0.4, 0.5) is 0 Å². The van der Waals surface area contributed by atoms with Gasteiger partial charge in [0, 0.05) is 17.7 Å². The Morgan fingerprint density at radius 2 is 1.82 bits per heavy atom. The average molecular weight is 378 g/mol. The number of benzene rings is 2. The van der Waals surface area contributed by atoms with Crippen molar-refractivity contribution in [3.05, 3.63) is 66.4 Å². The maximum absolute atomic E-state index is 13.0. The van der Waals surface area contributed by atoms with Crippen LogP contribution in [-0.4, -0.2) is 52.7 Å². The summed E-state index contributed by atoms with van der Waals surface area (Å²) in [5.74, 6) is -0.406. The molecule has 1 fully saturated rings. The second kappa shape index (κ2) is 7.66. The predicted molar refractivity (Wildman–Crippen MR) is 101 cm³/mol. The van der Waals surface area contributed by atoms with E-state index in [1.165, 1.54) is 4.90 Å². The number of carboxylic acids is 1. The maximum Gasteiger partial charge on any atom is 0.334 e. The molecule has 0 saturated carbocycles. The van der Waals surface area contributed by atoms with Crippen LogP contribution in [0.3, 0.4) is 0 Å². The van der Waals surface area contributed by atoms with Gasteiger partial charge < -0.3 is 19.2 Å². The monoisotopic (exact) mass is 378 g/mol. The summed E-state index contributed by atoms with van der Waals surface area (Å²) in [6, 6.07) is 16.6. The Kier molecular flexibility index (Phi) is 4.90. The van der Waals surface area contributed by atoms with Crippen molar-refractivity contribution in [3.8, 4) is 22.8 Å². The van der Waals surface area contributed by atoms with Crippen molar-refractivity contribution in [2.45, 2.75) is 6.10 Å². The molecule has 1 saturated heterocycles. The Labute approximate surface area is 161 Å². The highest BCUT2D eigenvalue weighted by molar-refractivity contribution is 6.00. The van der Waals surface area contributed by atoms with Gasteiger partial charge in [-0.2, -0.15) is 0 Å². The fraction of sp³-hybridized carbons (Fsp3) is 0.190. The molecule has 2 heterocycles. The lowest BCUT2D eigenvalue weighted by Gasteiger charge is -2.31. The molecule has 7 nitrogen and oxygen atoms in total. The van der Waals surface area contributed by atoms with Crippen LogP contribution in [0.25, 0.3) is 22.8 Å². The number of aromatic nitrogens is 1. The SMILES string of the molecule is O=C(O)[C@H]1CN(C(=O)c2ccccc2-c2ncc(-c3ccccc3)o2)CCO1. The van der Waals surface area contributed by atoms with Gasteiger partial charge in [0.2, 0.25) is 5.89 Å². The number of aliphatic carboxylic acids is 1. The number of amides is 1. The van der Waals surface area contributed by atoms with E-state index in [0.29, 0.717) is 29.3 Å². The number of rotatable bonds is 4. The number of carboxylic acid groups (broad SMARTS) is 1. The molecule has 2 aromatic carbocycles. The molecule has 3 aromatic rings. The summed E-state index contributed by atoms with van der Waals surface area (Å²) in [5.41, 5.74) is 1.87. The Balaban J connectivity index is 1.63. The average Bonchev–Trinajstić information content (AvgIpc) is 3.24. The maximum atomic E-state index is 13.0. The van der Waals surface area contributed by atoms with Gasteiger partial charge in [-0.15, -0.1) is 0 Å². The predicted octanol–water partition coefficient (Wildman–Crippen LogP) is 2.93. The summed E-state index contributed by atoms with van der Waals surface area (Å²) in [7, 11) is 0. The third kappa shape index (κ3) is 3.52. The Morgan fingerprint density at radius 1 is 1.07 bits per heavy atom. The van der Waals surface area contributed by atoms with Crippen molar-refractivity contribution < 1.29 is 23.8 Å². The van der Waals surface area contributed by atoms with Gasteiger partial charge in [0.05, 0.1) is 24.9 Å². The number of hydrogen-bond acceptors (Lipinski definition) is 5. The minimum Gasteiger partial charge on any atom is -0.479 e. The first-order valence-corrected chi connectivity index (χ1v) is 8.88. The molecular formula is C21H18N2O5. The smallest absolute Gasteiger partial charge is 0.334 e. The van der Waals surface area contributed by atoms with Crippen LogP contribution >= 0.6 is 0 Å². The van der Waals surface area contributed by atoms with E-state index in [4.69, 9.17) is 14.3 Å². The second-order valence-electron chi connectivity index (χ2n) is 6.39. The minimum atomic E-state index is -1.08. The van der Waals surface area contributed by atoms with E-state index in [2.05, 4.69) is 4.98 Å². The molecule has 4 rings (SSSR count). The van der Waals surface area contributed by atoms with E-state index in [0.717, 1.165) is 5.56 Å². The quantitative estimate of drug-likeness (QED) is 0.750. The fourth-order valence-corrected chi connectivity index (χ4v) is 3.14. The topological polar surface area (TPSA) is 92.9 Å². The molecule has 142 valence electrons. The highest BCUT2D eigenvalue weighted by atomic mass is 16.5. The van der Waals surface area contributed by atoms with Gasteiger partial charge >= 0.3 is 5.97 Å². The number of carbonyl (C=O) groups excluding carboxylic acids is 1. The van der Waals surface area contributed by atoms with Crippen molar-refractivity contribution in [2.75, 3.05) is 19.7 Å². The number of nitrogens with zero attached hydrogens (tertiary/aromatic N) is 2. The molecule has 0 bridgehead atoms. The normalized spacial score (nSPS) is 16.7. The standard InChI is InChI=1S/C21H18N2O5/c24-20(23-10-11-27-18(13-23)21(25)26)16-9-5-4-8-15(16)19-22-12-17(28-19)14-6-2-1-3-7-14/h1-9,12,18H,10-11,13H2,(H,25,26)/t18-/m1/s1. The first kappa shape index (κ1) is 17.9. The highest BCUT2D eigenvalue weighted by Crippen LogP contribution is 2.29. The summed E-state index contributed by atoms with van der Waals surface area (Å²) in [5, 5.41) is 9.16. The van der Waals surface area contributed by atoms with Gasteiger partial charge in [0.1, 0.15) is 0 Å². The molecule has 0 unspecified atom stereocenters. The van der Waals surface area contributed by atoms with E-state index in [1.54, 1.807) is 30.5 Å². The van der Waals surface area contributed by atoms with Gasteiger partial charge in [-0.05, 0) is 12.1 Å². The lowest BCUT2D eigenvalue weighted by atomic mass is 10.1. The molecule has 1 N–H and O–H groups in total. The summed E-state index contributed by atoms with van der Waals surface area (Å²) in [4.78, 5) is 30.1. The van der Waals surface area contributed by atoms with E-state index in [-0.39, 0.29) is 19.1 Å². The largest absolute Gasteiger partial charge is 0.479 e. The molecule has 1 aromatic heterocycles. The summed E-state index contributed by atoms with van der Waals surface area (Å²) < 4.78 is 11.1. The zero-order valence-corrected chi connectivity index (χ0v) is 14.9. The van der Waals surface area contributed by atoms with Crippen molar-refractivity contribution >= 4 is 11.9 Å². The Morgan fingerprint density at radius 3 is 2.61 bits per heavy atom. The van der Waals surface area contributed by atoms with Crippen LogP contribution in [0, 0.1) is 0 Å². The zero-order valence-electron chi connectivity index (χ0n) is 14.9. The van der Waals surface area contributed by atoms with Crippen LogP contribution in [0.1, 0.15) is 10.4 Å². The fourth-order valence-electron chi connectivity index (χ4n) is 3.14. The van der Waals surface area contributed by atoms with E-state index in [1.807, 2.05) is 30.3 Å². The molecule has 1 atom stereocenters. The number of hydrogen-bond donors (Lipinski definition) is 1. The van der Waals surface area contributed by atoms with Crippen LogP contribution in [0.2, 0.25) is 0 Å². The minimum absolute atomic E-state index is 0.00332. The van der Waals surface area contributed by atoms with Gasteiger partial charge in [-0.25, -0.2) is 9.78 Å². The molecule has 0 spiro atoms. The zero-order chi connectivity index (χ0) is 19.5. The number of morpholine rings is 1. The van der Waals surface area contributed by atoms with Crippen LogP contribution < -0.4 is 0 Å². The van der Waals surface area contributed by atoms with Crippen molar-refractivity contribution in [1.29, 1.82) is 0 Å². The number of ether oxygens (including phenoxy) is 1. The lowest BCUT2D eigenvalue weighted by Crippen LogP contribution is -2.48. The number of carbonyl (C=O) groups is 2. The van der Waals surface area contributed by atoms with Crippen molar-refractivity contribution in [2.24, 2.45) is 0 Å². The van der Waals surface area contributed by atoms with E-state index in [9.17, 15) is 9.59 Å². The first-order valence-electron chi connectivity index (χ1n) is 8.88. The van der Waals surface area contributed by atoms with Crippen LogP contribution in [-0.2, 0) is 9.53 Å². The molecular weight excluding hydrogens is 360 g/mol. The first-order chi connectivity index (χ1) is 13.6. The highest BCUT2D eigenvalue weighted by Gasteiger charge is 2.30. The third-order valence-electron chi connectivity index (χ3n) is 4.58. The summed E-state index contributed by atoms with van der Waals surface area (Å²) >= 11 is 0. The third-order valence-corrected chi connectivity index (χ3v) is 4.58. The van der Waals surface area contributed by atoms with Gasteiger partial charge in [0.25, 0.3) is 5.91 Å². The Hall–Kier alpha value is -3.45. The van der Waals surface area contributed by atoms with Crippen molar-refractivity contribution in [1.82, 2.24) is 9.88 Å². The van der Waals surface area contributed by atoms with Crippen molar-refractivity contribution in [3.63, 3.8) is 0 Å². The molecule has 0 aliphatic carbocycles. The lowest BCUT2D eigenvalue weighted by molar-refractivity contribution is -0.154. The second-order valence-corrected chi connectivity index (χ2v) is 6.39. The van der Waals surface area contributed by atoms with E-state index >= 15 is 0 Å². The number of oxazole rings is 1. The van der Waals surface area contributed by atoms with Gasteiger partial charge in [0.15, 0.2) is 11.9 Å². The molecule has 0 radical (unpaired) electrons. The van der Waals surface area contributed by atoms with E-state index < -0.39 is 12.1 Å². The summed E-state index contributed by atoms with van der Waals surface area (Å²) in [6.07, 6.45) is 0.609. The molecule has 28 heavy (non-hydrogen) atoms. The molecule has 7 heteroatoms. The van der Waals surface area contributed by atoms with Gasteiger partial charge in [-0.3, -0.25) is 4.79 Å². The Bertz CT molecular complexity index is 999. The molecule has 1 amide bonds. The molecule has 1 aliphatic heterocycles. The summed E-state index contributed by atoms with van der Waals surface area (Å²) in [6.45, 7) is 0.517. The van der Waals surface area contributed by atoms with Crippen LogP contribution in [0.15, 0.2) is 65.2 Å². The van der Waals surface area contributed by atoms with Gasteiger partial charge in [-0.1, -0.05) is 42.5 Å².